The van der Waals surface area contributed by atoms with Crippen molar-refractivity contribution < 1.29 is 4.74 Å². The zero-order valence-corrected chi connectivity index (χ0v) is 19.6. The van der Waals surface area contributed by atoms with E-state index in [9.17, 15) is 0 Å². The number of guanidine groups is 1. The summed E-state index contributed by atoms with van der Waals surface area (Å²) in [7, 11) is 3.75. The topological polar surface area (TPSA) is 72.5 Å². The van der Waals surface area contributed by atoms with E-state index in [-0.39, 0.29) is 30.1 Å². The lowest BCUT2D eigenvalue weighted by atomic mass is 10.1. The molecule has 4 rings (SSSR count). The lowest BCUT2D eigenvalue weighted by Gasteiger charge is -2.34. The smallest absolute Gasteiger partial charge is 0.194 e. The second-order valence-corrected chi connectivity index (χ2v) is 7.18. The highest BCUT2D eigenvalue weighted by molar-refractivity contribution is 14.0. The van der Waals surface area contributed by atoms with Crippen LogP contribution in [0.4, 0.5) is 0 Å². The summed E-state index contributed by atoms with van der Waals surface area (Å²) >= 11 is 0. The number of rotatable bonds is 5. The van der Waals surface area contributed by atoms with Gasteiger partial charge in [-0.3, -0.25) is 14.4 Å². The van der Waals surface area contributed by atoms with Crippen LogP contribution in [0.25, 0.3) is 0 Å². The fourth-order valence-corrected chi connectivity index (χ4v) is 3.58. The van der Waals surface area contributed by atoms with Gasteiger partial charge in [0.2, 0.25) is 0 Å². The number of aryl methyl sites for hydroxylation is 1. The van der Waals surface area contributed by atoms with E-state index in [1.807, 2.05) is 43.4 Å². The van der Waals surface area contributed by atoms with Gasteiger partial charge in [-0.25, -0.2) is 0 Å². The standard InChI is InChI=1S/C21H27N7O.HI/c1-22-21(27-9-10-29-20(16-27)19-13-25-26(2)15-19)23-12-17-5-3-6-18(11-17)14-28-8-4-7-24-28;/h3-8,11,13,15,20H,9-10,12,14,16H2,1-2H3,(H,22,23);1H. The first-order valence-electron chi connectivity index (χ1n) is 9.82. The number of benzene rings is 1. The summed E-state index contributed by atoms with van der Waals surface area (Å²) in [5.74, 6) is 0.889. The number of ether oxygens (including phenoxy) is 1. The van der Waals surface area contributed by atoms with E-state index in [0.717, 1.165) is 31.2 Å². The molecule has 3 heterocycles. The van der Waals surface area contributed by atoms with Crippen LogP contribution in [0.1, 0.15) is 22.8 Å². The third-order valence-electron chi connectivity index (χ3n) is 5.02. The molecule has 1 N–H and O–H groups in total. The van der Waals surface area contributed by atoms with Gasteiger partial charge in [0.15, 0.2) is 5.96 Å². The maximum atomic E-state index is 5.94. The summed E-state index contributed by atoms with van der Waals surface area (Å²) in [6.45, 7) is 3.72. The molecular weight excluding hydrogens is 493 g/mol. The van der Waals surface area contributed by atoms with Crippen LogP contribution in [-0.4, -0.2) is 57.2 Å². The van der Waals surface area contributed by atoms with Gasteiger partial charge in [-0.15, -0.1) is 24.0 Å². The molecule has 3 aromatic rings. The minimum Gasteiger partial charge on any atom is -0.370 e. The van der Waals surface area contributed by atoms with Crippen molar-refractivity contribution in [3.63, 3.8) is 0 Å². The maximum absolute atomic E-state index is 5.94. The van der Waals surface area contributed by atoms with Crippen LogP contribution < -0.4 is 5.32 Å². The predicted octanol–water partition coefficient (Wildman–Crippen LogP) is 2.43. The van der Waals surface area contributed by atoms with Crippen LogP contribution in [0.5, 0.6) is 0 Å². The average Bonchev–Trinajstić information content (AvgIpc) is 3.41. The molecule has 2 aromatic heterocycles. The molecule has 160 valence electrons. The Hall–Kier alpha value is -2.40. The second-order valence-electron chi connectivity index (χ2n) is 7.18. The van der Waals surface area contributed by atoms with Crippen LogP contribution in [0.15, 0.2) is 60.1 Å². The molecule has 9 heteroatoms. The summed E-state index contributed by atoms with van der Waals surface area (Å²) in [5, 5.41) is 12.0. The minimum absolute atomic E-state index is 0. The zero-order valence-electron chi connectivity index (χ0n) is 17.3. The highest BCUT2D eigenvalue weighted by atomic mass is 127. The van der Waals surface area contributed by atoms with Crippen LogP contribution in [0.2, 0.25) is 0 Å². The van der Waals surface area contributed by atoms with Gasteiger partial charge in [-0.1, -0.05) is 24.3 Å². The first-order chi connectivity index (χ1) is 14.2. The molecule has 30 heavy (non-hydrogen) atoms. The number of hydrogen-bond donors (Lipinski definition) is 1. The van der Waals surface area contributed by atoms with Gasteiger partial charge in [0, 0.05) is 51.3 Å². The van der Waals surface area contributed by atoms with Gasteiger partial charge in [-0.05, 0) is 17.2 Å². The molecule has 0 bridgehead atoms. The normalized spacial score (nSPS) is 16.9. The van der Waals surface area contributed by atoms with E-state index in [0.29, 0.717) is 13.2 Å². The van der Waals surface area contributed by atoms with Crippen molar-refractivity contribution in [1.82, 2.24) is 29.8 Å². The number of aliphatic imine (C=N–C) groups is 1. The molecule has 1 aromatic carbocycles. The van der Waals surface area contributed by atoms with E-state index in [1.165, 1.54) is 11.1 Å². The Bertz CT molecular complexity index is 954. The fraction of sp³-hybridized carbons (Fsp3) is 0.381. The first-order valence-corrected chi connectivity index (χ1v) is 9.82. The number of morpholine rings is 1. The Morgan fingerprint density at radius 2 is 2.13 bits per heavy atom. The zero-order chi connectivity index (χ0) is 20.1. The molecule has 0 amide bonds. The summed E-state index contributed by atoms with van der Waals surface area (Å²) in [4.78, 5) is 6.73. The van der Waals surface area contributed by atoms with Crippen LogP contribution in [0, 0.1) is 0 Å². The second kappa shape index (κ2) is 10.6. The van der Waals surface area contributed by atoms with Crippen molar-refractivity contribution in [3.8, 4) is 0 Å². The average molecular weight is 521 g/mol. The van der Waals surface area contributed by atoms with Crippen molar-refractivity contribution in [2.24, 2.45) is 12.0 Å². The number of aromatic nitrogens is 4. The number of halogens is 1. The highest BCUT2D eigenvalue weighted by Crippen LogP contribution is 2.21. The van der Waals surface area contributed by atoms with Crippen molar-refractivity contribution in [3.05, 3.63) is 71.8 Å². The Balaban J connectivity index is 0.00000256. The molecule has 1 saturated heterocycles. The summed E-state index contributed by atoms with van der Waals surface area (Å²) in [6, 6.07) is 10.5. The highest BCUT2D eigenvalue weighted by Gasteiger charge is 2.25. The van der Waals surface area contributed by atoms with Gasteiger partial charge in [0.05, 0.1) is 25.9 Å². The largest absolute Gasteiger partial charge is 0.370 e. The molecule has 1 atom stereocenters. The Labute approximate surface area is 194 Å². The molecule has 1 aliphatic heterocycles. The Kier molecular flexibility index (Phi) is 7.86. The van der Waals surface area contributed by atoms with Gasteiger partial charge in [0.25, 0.3) is 0 Å². The molecule has 1 fully saturated rings. The monoisotopic (exact) mass is 521 g/mol. The van der Waals surface area contributed by atoms with E-state index in [4.69, 9.17) is 4.74 Å². The van der Waals surface area contributed by atoms with Gasteiger partial charge in [0.1, 0.15) is 6.10 Å². The van der Waals surface area contributed by atoms with Crippen molar-refractivity contribution >= 4 is 29.9 Å². The first kappa shape index (κ1) is 22.3. The van der Waals surface area contributed by atoms with Gasteiger partial charge in [-0.2, -0.15) is 10.2 Å². The van der Waals surface area contributed by atoms with Gasteiger partial charge >= 0.3 is 0 Å². The Morgan fingerprint density at radius 1 is 1.27 bits per heavy atom. The minimum atomic E-state index is 0. The van der Waals surface area contributed by atoms with Crippen LogP contribution in [0.3, 0.4) is 0 Å². The van der Waals surface area contributed by atoms with E-state index >= 15 is 0 Å². The molecule has 0 radical (unpaired) electrons. The van der Waals surface area contributed by atoms with Crippen molar-refractivity contribution in [2.75, 3.05) is 26.7 Å². The van der Waals surface area contributed by atoms with E-state index in [2.05, 4.69) is 49.7 Å². The number of hydrogen-bond acceptors (Lipinski definition) is 4. The van der Waals surface area contributed by atoms with Gasteiger partial charge < -0.3 is 15.0 Å². The Morgan fingerprint density at radius 3 is 2.87 bits per heavy atom. The molecular formula is C21H28IN7O. The number of nitrogens with one attached hydrogen (secondary N) is 1. The van der Waals surface area contributed by atoms with E-state index in [1.54, 1.807) is 10.9 Å². The third kappa shape index (κ3) is 5.60. The molecule has 8 nitrogen and oxygen atoms in total. The molecule has 0 spiro atoms. The maximum Gasteiger partial charge on any atom is 0.194 e. The molecule has 1 aliphatic rings. The molecule has 0 aliphatic carbocycles. The lowest BCUT2D eigenvalue weighted by molar-refractivity contribution is -0.00805. The summed E-state index contributed by atoms with van der Waals surface area (Å²) in [6.07, 6.45) is 7.67. The van der Waals surface area contributed by atoms with Crippen molar-refractivity contribution in [2.45, 2.75) is 19.2 Å². The van der Waals surface area contributed by atoms with E-state index < -0.39 is 0 Å². The summed E-state index contributed by atoms with van der Waals surface area (Å²) < 4.78 is 9.68. The lowest BCUT2D eigenvalue weighted by Crippen LogP contribution is -2.47. The molecule has 1 unspecified atom stereocenters. The fourth-order valence-electron chi connectivity index (χ4n) is 3.58. The summed E-state index contributed by atoms with van der Waals surface area (Å²) in [5.41, 5.74) is 3.54. The molecule has 0 saturated carbocycles. The quantitative estimate of drug-likeness (QED) is 0.317. The van der Waals surface area contributed by atoms with Crippen LogP contribution in [-0.2, 0) is 24.9 Å². The SMILES string of the molecule is CN=C(NCc1cccc(Cn2cccn2)c1)N1CCOC(c2cnn(C)c2)C1.I. The predicted molar refractivity (Wildman–Crippen MR) is 127 cm³/mol. The third-order valence-corrected chi connectivity index (χ3v) is 5.02. The van der Waals surface area contributed by atoms with Crippen LogP contribution >= 0.6 is 24.0 Å². The van der Waals surface area contributed by atoms with Crippen molar-refractivity contribution in [1.29, 1.82) is 0 Å². The number of nitrogens with zero attached hydrogens (tertiary/aromatic N) is 6.